The Kier molecular flexibility index (Phi) is 4.63. The van der Waals surface area contributed by atoms with Crippen molar-refractivity contribution < 1.29 is 13.6 Å². The van der Waals surface area contributed by atoms with Crippen molar-refractivity contribution in [1.29, 1.82) is 0 Å². The number of benzene rings is 1. The van der Waals surface area contributed by atoms with Crippen molar-refractivity contribution in [3.8, 4) is 0 Å². The zero-order chi connectivity index (χ0) is 14.8. The molecular formula is C14H20F2N2O. The van der Waals surface area contributed by atoms with Crippen LogP contribution < -0.4 is 5.73 Å². The Morgan fingerprint density at radius 3 is 2.37 bits per heavy atom. The maximum atomic E-state index is 13.1. The first kappa shape index (κ1) is 15.6. The number of hydrogen-bond donors (Lipinski definition) is 1. The van der Waals surface area contributed by atoms with Crippen molar-refractivity contribution in [2.75, 3.05) is 7.05 Å². The predicted molar refractivity (Wildman–Crippen MR) is 70.3 cm³/mol. The van der Waals surface area contributed by atoms with Gasteiger partial charge in [0.15, 0.2) is 11.6 Å². The number of halogens is 2. The molecule has 0 aliphatic heterocycles. The number of rotatable bonds is 3. The van der Waals surface area contributed by atoms with Gasteiger partial charge >= 0.3 is 0 Å². The number of carbonyl (C=O) groups excluding carboxylic acids is 1. The molecule has 0 spiro atoms. The van der Waals surface area contributed by atoms with Crippen LogP contribution in [0.15, 0.2) is 18.2 Å². The average Bonchev–Trinajstić information content (AvgIpc) is 2.30. The van der Waals surface area contributed by atoms with Crippen molar-refractivity contribution in [3.05, 3.63) is 35.4 Å². The lowest BCUT2D eigenvalue weighted by molar-refractivity contribution is -0.134. The van der Waals surface area contributed by atoms with Crippen LogP contribution in [0.5, 0.6) is 0 Å². The minimum atomic E-state index is -0.918. The van der Waals surface area contributed by atoms with Gasteiger partial charge in [-0.1, -0.05) is 26.8 Å². The van der Waals surface area contributed by atoms with Gasteiger partial charge in [-0.05, 0) is 23.1 Å². The smallest absolute Gasteiger partial charge is 0.240 e. The van der Waals surface area contributed by atoms with Gasteiger partial charge in [-0.3, -0.25) is 4.79 Å². The van der Waals surface area contributed by atoms with Gasteiger partial charge in [-0.25, -0.2) is 8.78 Å². The third-order valence-corrected chi connectivity index (χ3v) is 2.98. The van der Waals surface area contributed by atoms with E-state index in [1.807, 2.05) is 20.8 Å². The molecule has 2 N–H and O–H groups in total. The first-order valence-electron chi connectivity index (χ1n) is 6.07. The van der Waals surface area contributed by atoms with E-state index in [4.69, 9.17) is 5.73 Å². The maximum Gasteiger partial charge on any atom is 0.240 e. The SMILES string of the molecule is CN(Cc1ccc(F)c(F)c1)C(=O)[C@@H](N)C(C)(C)C. The fraction of sp³-hybridized carbons (Fsp3) is 0.500. The van der Waals surface area contributed by atoms with Crippen LogP contribution in [0.4, 0.5) is 8.78 Å². The molecule has 0 aliphatic carbocycles. The van der Waals surface area contributed by atoms with E-state index in [2.05, 4.69) is 0 Å². The molecule has 0 saturated heterocycles. The van der Waals surface area contributed by atoms with Crippen molar-refractivity contribution in [2.45, 2.75) is 33.4 Å². The van der Waals surface area contributed by atoms with Crippen LogP contribution in [0.2, 0.25) is 0 Å². The van der Waals surface area contributed by atoms with Gasteiger partial charge in [0.05, 0.1) is 6.04 Å². The second-order valence-corrected chi connectivity index (χ2v) is 5.79. The topological polar surface area (TPSA) is 46.3 Å². The minimum absolute atomic E-state index is 0.194. The second-order valence-electron chi connectivity index (χ2n) is 5.79. The minimum Gasteiger partial charge on any atom is -0.340 e. The Hall–Kier alpha value is -1.49. The molecule has 0 unspecified atom stereocenters. The molecule has 3 nitrogen and oxygen atoms in total. The molecular weight excluding hydrogens is 250 g/mol. The molecule has 0 saturated carbocycles. The lowest BCUT2D eigenvalue weighted by atomic mass is 9.86. The Morgan fingerprint density at radius 1 is 1.32 bits per heavy atom. The molecule has 0 aromatic heterocycles. The van der Waals surface area contributed by atoms with Crippen LogP contribution in [-0.4, -0.2) is 23.9 Å². The number of amides is 1. The van der Waals surface area contributed by atoms with Gasteiger partial charge < -0.3 is 10.6 Å². The van der Waals surface area contributed by atoms with E-state index in [1.165, 1.54) is 11.0 Å². The van der Waals surface area contributed by atoms with E-state index in [9.17, 15) is 13.6 Å². The highest BCUT2D eigenvalue weighted by Gasteiger charge is 2.29. The average molecular weight is 270 g/mol. The molecule has 1 atom stereocenters. The summed E-state index contributed by atoms with van der Waals surface area (Å²) in [5, 5.41) is 0. The lowest BCUT2D eigenvalue weighted by Crippen LogP contribution is -2.48. The highest BCUT2D eigenvalue weighted by atomic mass is 19.2. The molecule has 1 rings (SSSR count). The fourth-order valence-corrected chi connectivity index (χ4v) is 1.60. The largest absolute Gasteiger partial charge is 0.340 e. The summed E-state index contributed by atoms with van der Waals surface area (Å²) in [5.74, 6) is -2.04. The number of nitrogens with two attached hydrogens (primary N) is 1. The highest BCUT2D eigenvalue weighted by Crippen LogP contribution is 2.19. The Morgan fingerprint density at radius 2 is 1.89 bits per heavy atom. The van der Waals surface area contributed by atoms with Crippen LogP contribution in [-0.2, 0) is 11.3 Å². The predicted octanol–water partition coefficient (Wildman–Crippen LogP) is 2.30. The molecule has 5 heteroatoms. The van der Waals surface area contributed by atoms with Gasteiger partial charge in [-0.15, -0.1) is 0 Å². The molecule has 106 valence electrons. The third kappa shape index (κ3) is 3.99. The van der Waals surface area contributed by atoms with Gasteiger partial charge in [0.25, 0.3) is 0 Å². The molecule has 0 bridgehead atoms. The number of carbonyl (C=O) groups is 1. The van der Waals surface area contributed by atoms with Gasteiger partial charge in [0.2, 0.25) is 5.91 Å². The summed E-state index contributed by atoms with van der Waals surface area (Å²) in [6.07, 6.45) is 0. The fourth-order valence-electron chi connectivity index (χ4n) is 1.60. The van der Waals surface area contributed by atoms with Crippen molar-refractivity contribution >= 4 is 5.91 Å². The molecule has 0 radical (unpaired) electrons. The first-order valence-corrected chi connectivity index (χ1v) is 6.07. The van der Waals surface area contributed by atoms with E-state index >= 15 is 0 Å². The van der Waals surface area contributed by atoms with Crippen molar-refractivity contribution in [3.63, 3.8) is 0 Å². The molecule has 0 fully saturated rings. The second kappa shape index (κ2) is 5.65. The lowest BCUT2D eigenvalue weighted by Gasteiger charge is -2.30. The summed E-state index contributed by atoms with van der Waals surface area (Å²) < 4.78 is 25.9. The Labute approximate surface area is 112 Å². The molecule has 19 heavy (non-hydrogen) atoms. The maximum absolute atomic E-state index is 13.1. The summed E-state index contributed by atoms with van der Waals surface area (Å²) in [6.45, 7) is 5.82. The van der Waals surface area contributed by atoms with Crippen LogP contribution in [0.1, 0.15) is 26.3 Å². The Balaban J connectivity index is 2.76. The summed E-state index contributed by atoms with van der Waals surface area (Å²) >= 11 is 0. The summed E-state index contributed by atoms with van der Waals surface area (Å²) in [6, 6.07) is 2.95. The normalized spacial score (nSPS) is 13.2. The molecule has 1 aromatic carbocycles. The molecule has 1 amide bonds. The zero-order valence-electron chi connectivity index (χ0n) is 11.7. The highest BCUT2D eigenvalue weighted by molar-refractivity contribution is 5.82. The first-order chi connectivity index (χ1) is 8.62. The number of nitrogens with zero attached hydrogens (tertiary/aromatic N) is 1. The van der Waals surface area contributed by atoms with Crippen LogP contribution in [0.3, 0.4) is 0 Å². The van der Waals surface area contributed by atoms with E-state index in [0.29, 0.717) is 5.56 Å². The van der Waals surface area contributed by atoms with Crippen LogP contribution in [0.25, 0.3) is 0 Å². The third-order valence-electron chi connectivity index (χ3n) is 2.98. The van der Waals surface area contributed by atoms with E-state index in [1.54, 1.807) is 7.05 Å². The monoisotopic (exact) mass is 270 g/mol. The quantitative estimate of drug-likeness (QED) is 0.916. The molecule has 1 aromatic rings. The van der Waals surface area contributed by atoms with Gasteiger partial charge in [-0.2, -0.15) is 0 Å². The number of hydrogen-bond acceptors (Lipinski definition) is 2. The van der Waals surface area contributed by atoms with E-state index < -0.39 is 17.7 Å². The zero-order valence-corrected chi connectivity index (χ0v) is 11.7. The molecule has 0 aliphatic rings. The Bertz CT molecular complexity index is 469. The van der Waals surface area contributed by atoms with Crippen LogP contribution in [0, 0.1) is 17.0 Å². The summed E-state index contributed by atoms with van der Waals surface area (Å²) in [7, 11) is 1.59. The molecule has 0 heterocycles. The van der Waals surface area contributed by atoms with Crippen molar-refractivity contribution in [1.82, 2.24) is 4.90 Å². The van der Waals surface area contributed by atoms with Crippen LogP contribution >= 0.6 is 0 Å². The van der Waals surface area contributed by atoms with Gasteiger partial charge in [0.1, 0.15) is 0 Å². The standard InChI is InChI=1S/C14H20F2N2O/c1-14(2,3)12(17)13(19)18(4)8-9-5-6-10(15)11(16)7-9/h5-7,12H,8,17H2,1-4H3/t12-/m1/s1. The van der Waals surface area contributed by atoms with E-state index in [0.717, 1.165) is 12.1 Å². The van der Waals surface area contributed by atoms with E-state index in [-0.39, 0.29) is 17.9 Å². The number of likely N-dealkylation sites (N-methyl/N-ethyl adjacent to an activating group) is 1. The van der Waals surface area contributed by atoms with Crippen molar-refractivity contribution in [2.24, 2.45) is 11.1 Å². The van der Waals surface area contributed by atoms with Gasteiger partial charge in [0, 0.05) is 13.6 Å². The summed E-state index contributed by atoms with van der Waals surface area (Å²) in [4.78, 5) is 13.5. The summed E-state index contributed by atoms with van der Waals surface area (Å²) in [5.41, 5.74) is 6.05.